The second kappa shape index (κ2) is 5.11. The molecule has 0 unspecified atom stereocenters. The number of benzene rings is 1. The quantitative estimate of drug-likeness (QED) is 0.608. The molecule has 2 N–H and O–H groups in total. The van der Waals surface area contributed by atoms with Crippen LogP contribution in [0.3, 0.4) is 0 Å². The number of rotatable bonds is 1. The zero-order chi connectivity index (χ0) is 14.2. The van der Waals surface area contributed by atoms with Gasteiger partial charge in [-0.05, 0) is 26.7 Å². The molecule has 3 nitrogen and oxygen atoms in total. The van der Waals surface area contributed by atoms with Crippen LogP contribution in [0, 0.1) is 36.7 Å². The molecule has 1 aliphatic rings. The van der Waals surface area contributed by atoms with Gasteiger partial charge in [0.25, 0.3) is 0 Å². The van der Waals surface area contributed by atoms with E-state index in [4.69, 9.17) is 5.41 Å². The van der Waals surface area contributed by atoms with Crippen LogP contribution in [-0.4, -0.2) is 23.9 Å². The maximum absolute atomic E-state index is 13.9. The molecule has 1 saturated heterocycles. The lowest BCUT2D eigenvalue weighted by atomic mass is 10.1. The fraction of sp³-hybridized carbons (Fsp3) is 0.462. The van der Waals surface area contributed by atoms with Gasteiger partial charge in [0.1, 0.15) is 11.5 Å². The number of likely N-dealkylation sites (tertiary alicyclic amines) is 1. The molecule has 19 heavy (non-hydrogen) atoms. The van der Waals surface area contributed by atoms with Gasteiger partial charge in [0.05, 0.1) is 0 Å². The Morgan fingerprint density at radius 3 is 1.95 bits per heavy atom. The highest BCUT2D eigenvalue weighted by Crippen LogP contribution is 2.28. The summed E-state index contributed by atoms with van der Waals surface area (Å²) in [4.78, 5) is 1.70. The topological polar surface area (TPSA) is 39.1 Å². The molecule has 1 heterocycles. The van der Waals surface area contributed by atoms with Crippen molar-refractivity contribution in [2.75, 3.05) is 18.4 Å². The van der Waals surface area contributed by atoms with Crippen molar-refractivity contribution in [2.45, 2.75) is 26.7 Å². The molecule has 0 aromatic heterocycles. The smallest absolute Gasteiger partial charge is 0.195 e. The molecule has 104 valence electrons. The van der Waals surface area contributed by atoms with Crippen LogP contribution in [-0.2, 0) is 0 Å². The molecule has 0 radical (unpaired) electrons. The van der Waals surface area contributed by atoms with Gasteiger partial charge in [0.15, 0.2) is 17.6 Å². The minimum atomic E-state index is -0.982. The number of halogens is 3. The molecule has 1 aromatic rings. The van der Waals surface area contributed by atoms with Gasteiger partial charge in [-0.1, -0.05) is 0 Å². The summed E-state index contributed by atoms with van der Waals surface area (Å²) in [6.07, 6.45) is 1.91. The first kappa shape index (κ1) is 13.7. The fourth-order valence-corrected chi connectivity index (χ4v) is 2.19. The lowest BCUT2D eigenvalue weighted by Gasteiger charge is -2.21. The average Bonchev–Trinajstić information content (AvgIpc) is 2.93. The van der Waals surface area contributed by atoms with E-state index in [1.165, 1.54) is 13.8 Å². The van der Waals surface area contributed by atoms with Crippen molar-refractivity contribution < 1.29 is 13.2 Å². The molecule has 0 atom stereocenters. The third-order valence-corrected chi connectivity index (χ3v) is 3.42. The lowest BCUT2D eigenvalue weighted by molar-refractivity contribution is 0.508. The molecule has 0 bridgehead atoms. The number of guanidine groups is 1. The summed E-state index contributed by atoms with van der Waals surface area (Å²) in [5.41, 5.74) is -0.931. The van der Waals surface area contributed by atoms with Crippen molar-refractivity contribution >= 4 is 11.6 Å². The third-order valence-electron chi connectivity index (χ3n) is 3.42. The Bertz CT molecular complexity index is 493. The summed E-state index contributed by atoms with van der Waals surface area (Å²) in [6, 6.07) is 0. The van der Waals surface area contributed by atoms with Gasteiger partial charge in [0.2, 0.25) is 0 Å². The lowest BCUT2D eigenvalue weighted by Crippen LogP contribution is -2.33. The zero-order valence-electron chi connectivity index (χ0n) is 10.9. The average molecular weight is 271 g/mol. The first-order valence-corrected chi connectivity index (χ1v) is 6.17. The number of hydrogen-bond donors (Lipinski definition) is 2. The van der Waals surface area contributed by atoms with Crippen LogP contribution in [0.25, 0.3) is 0 Å². The maximum atomic E-state index is 13.9. The molecule has 0 amide bonds. The maximum Gasteiger partial charge on any atom is 0.195 e. The van der Waals surface area contributed by atoms with E-state index in [0.29, 0.717) is 13.1 Å². The van der Waals surface area contributed by atoms with E-state index in [9.17, 15) is 13.2 Å². The van der Waals surface area contributed by atoms with Crippen molar-refractivity contribution in [1.29, 1.82) is 5.41 Å². The molecule has 1 aromatic carbocycles. The van der Waals surface area contributed by atoms with E-state index >= 15 is 0 Å². The number of nitrogens with zero attached hydrogens (tertiary/aromatic N) is 1. The number of anilines is 1. The van der Waals surface area contributed by atoms with Gasteiger partial charge in [-0.15, -0.1) is 0 Å². The zero-order valence-corrected chi connectivity index (χ0v) is 10.9. The Balaban J connectivity index is 2.32. The third kappa shape index (κ3) is 2.39. The van der Waals surface area contributed by atoms with E-state index in [1.807, 2.05) is 0 Å². The van der Waals surface area contributed by atoms with Crippen molar-refractivity contribution in [3.05, 3.63) is 28.6 Å². The monoisotopic (exact) mass is 271 g/mol. The Morgan fingerprint density at radius 2 is 1.47 bits per heavy atom. The summed E-state index contributed by atoms with van der Waals surface area (Å²) < 4.78 is 41.3. The summed E-state index contributed by atoms with van der Waals surface area (Å²) in [6.45, 7) is 3.88. The number of hydrogen-bond acceptors (Lipinski definition) is 1. The molecular formula is C13H16F3N3. The Kier molecular flexibility index (Phi) is 3.68. The molecular weight excluding hydrogens is 255 g/mol. The molecule has 1 fully saturated rings. The predicted octanol–water partition coefficient (Wildman–Crippen LogP) is 3.16. The largest absolute Gasteiger partial charge is 0.343 e. The van der Waals surface area contributed by atoms with Crippen LogP contribution in [0.1, 0.15) is 24.0 Å². The molecule has 1 aliphatic heterocycles. The van der Waals surface area contributed by atoms with E-state index < -0.39 is 23.1 Å². The van der Waals surface area contributed by atoms with Crippen LogP contribution in [0.2, 0.25) is 0 Å². The van der Waals surface area contributed by atoms with E-state index in [-0.39, 0.29) is 17.1 Å². The predicted molar refractivity (Wildman–Crippen MR) is 67.9 cm³/mol. The molecule has 2 rings (SSSR count). The highest BCUT2D eigenvalue weighted by Gasteiger charge is 2.23. The summed E-state index contributed by atoms with van der Waals surface area (Å²) in [7, 11) is 0. The first-order chi connectivity index (χ1) is 8.93. The van der Waals surface area contributed by atoms with Gasteiger partial charge < -0.3 is 10.2 Å². The van der Waals surface area contributed by atoms with Crippen molar-refractivity contribution in [1.82, 2.24) is 4.90 Å². The van der Waals surface area contributed by atoms with Crippen LogP contribution in [0.4, 0.5) is 18.9 Å². The van der Waals surface area contributed by atoms with Crippen molar-refractivity contribution in [2.24, 2.45) is 0 Å². The standard InChI is InChI=1S/C13H16F3N3/c1-7-9(14)8(2)11(16)12(10(7)15)18-13(17)19-5-3-4-6-19/h3-6H2,1-2H3,(H2,17,18). The summed E-state index contributed by atoms with van der Waals surface area (Å²) >= 11 is 0. The van der Waals surface area contributed by atoms with E-state index in [1.54, 1.807) is 4.90 Å². The van der Waals surface area contributed by atoms with Gasteiger partial charge in [-0.3, -0.25) is 5.41 Å². The van der Waals surface area contributed by atoms with Gasteiger partial charge in [-0.2, -0.15) is 0 Å². The van der Waals surface area contributed by atoms with Crippen molar-refractivity contribution in [3.63, 3.8) is 0 Å². The minimum Gasteiger partial charge on any atom is -0.343 e. The Morgan fingerprint density at radius 1 is 1.00 bits per heavy atom. The van der Waals surface area contributed by atoms with Crippen LogP contribution in [0.5, 0.6) is 0 Å². The molecule has 0 aliphatic carbocycles. The van der Waals surface area contributed by atoms with Crippen LogP contribution in [0.15, 0.2) is 0 Å². The molecule has 0 saturated carbocycles. The van der Waals surface area contributed by atoms with E-state index in [0.717, 1.165) is 12.8 Å². The normalized spacial score (nSPS) is 14.9. The Labute approximate surface area is 109 Å². The van der Waals surface area contributed by atoms with Gasteiger partial charge >= 0.3 is 0 Å². The molecule has 0 spiro atoms. The molecule has 6 heteroatoms. The number of nitrogens with one attached hydrogen (secondary N) is 2. The fourth-order valence-electron chi connectivity index (χ4n) is 2.19. The second-order valence-corrected chi connectivity index (χ2v) is 4.73. The minimum absolute atomic E-state index is 0.0549. The van der Waals surface area contributed by atoms with Gasteiger partial charge in [0, 0.05) is 24.2 Å². The highest BCUT2D eigenvalue weighted by atomic mass is 19.1. The van der Waals surface area contributed by atoms with Crippen LogP contribution < -0.4 is 5.32 Å². The van der Waals surface area contributed by atoms with Crippen molar-refractivity contribution in [3.8, 4) is 0 Å². The summed E-state index contributed by atoms with van der Waals surface area (Å²) in [5, 5.41) is 10.2. The first-order valence-electron chi connectivity index (χ1n) is 6.17. The highest BCUT2D eigenvalue weighted by molar-refractivity contribution is 5.91. The SMILES string of the molecule is Cc1c(F)c(C)c(F)c(NC(=N)N2CCCC2)c1F. The second-order valence-electron chi connectivity index (χ2n) is 4.73. The van der Waals surface area contributed by atoms with Crippen LogP contribution >= 0.6 is 0 Å². The van der Waals surface area contributed by atoms with Gasteiger partial charge in [-0.25, -0.2) is 13.2 Å². The Hall–Kier alpha value is -1.72. The summed E-state index contributed by atoms with van der Waals surface area (Å²) in [5.74, 6) is -2.90. The van der Waals surface area contributed by atoms with E-state index in [2.05, 4.69) is 5.32 Å².